The maximum atomic E-state index is 12.6. The molecule has 1 atom stereocenters. The Hall–Kier alpha value is -1.60. The molecule has 2 aliphatic heterocycles. The molecule has 2 N–H and O–H groups in total. The highest BCUT2D eigenvalue weighted by atomic mass is 32.1. The van der Waals surface area contributed by atoms with Crippen molar-refractivity contribution in [1.82, 2.24) is 20.4 Å². The highest BCUT2D eigenvalue weighted by Gasteiger charge is 2.46. The third-order valence-electron chi connectivity index (χ3n) is 5.48. The number of likely N-dealkylation sites (tertiary alicyclic amines) is 1. The fourth-order valence-electron chi connectivity index (χ4n) is 3.87. The summed E-state index contributed by atoms with van der Waals surface area (Å²) in [7, 11) is 2.03. The largest absolute Gasteiger partial charge is 0.354 e. The number of hydrogen-bond donors (Lipinski definition) is 2. The molecule has 2 fully saturated rings. The van der Waals surface area contributed by atoms with Crippen LogP contribution in [0.3, 0.4) is 0 Å². The molecule has 3 amide bonds. The Bertz CT molecular complexity index is 596. The van der Waals surface area contributed by atoms with Crippen LogP contribution in [0.2, 0.25) is 0 Å². The summed E-state index contributed by atoms with van der Waals surface area (Å²) in [4.78, 5) is 29.1. The number of nitrogens with one attached hydrogen (secondary N) is 2. The van der Waals surface area contributed by atoms with Gasteiger partial charge in [-0.15, -0.1) is 0 Å². The van der Waals surface area contributed by atoms with Gasteiger partial charge in [-0.25, -0.2) is 4.79 Å². The summed E-state index contributed by atoms with van der Waals surface area (Å²) in [6, 6.07) is 2.18. The van der Waals surface area contributed by atoms with Gasteiger partial charge in [-0.3, -0.25) is 9.69 Å². The topological polar surface area (TPSA) is 64.7 Å². The van der Waals surface area contributed by atoms with Crippen molar-refractivity contribution >= 4 is 23.3 Å². The van der Waals surface area contributed by atoms with E-state index in [-0.39, 0.29) is 18.0 Å². The van der Waals surface area contributed by atoms with Gasteiger partial charge in [0, 0.05) is 32.2 Å². The number of rotatable bonds is 3. The second-order valence-electron chi connectivity index (χ2n) is 7.24. The second-order valence-corrected chi connectivity index (χ2v) is 8.02. The number of nitrogens with zero attached hydrogens (tertiary/aromatic N) is 2. The lowest BCUT2D eigenvalue weighted by Gasteiger charge is -2.45. The van der Waals surface area contributed by atoms with Crippen LogP contribution in [-0.2, 0) is 11.2 Å². The number of amides is 3. The zero-order valence-electron chi connectivity index (χ0n) is 15.1. The van der Waals surface area contributed by atoms with Gasteiger partial charge in [0.15, 0.2) is 0 Å². The molecule has 1 spiro atoms. The van der Waals surface area contributed by atoms with Gasteiger partial charge in [-0.1, -0.05) is 0 Å². The van der Waals surface area contributed by atoms with E-state index in [9.17, 15) is 9.59 Å². The summed E-state index contributed by atoms with van der Waals surface area (Å²) in [5.74, 6) is 0.124. The van der Waals surface area contributed by atoms with E-state index in [1.54, 1.807) is 11.3 Å². The number of carbonyl (C=O) groups excluding carboxylic acids is 2. The Kier molecular flexibility index (Phi) is 5.64. The predicted octanol–water partition coefficient (Wildman–Crippen LogP) is 1.68. The molecule has 7 heteroatoms. The molecular weight excluding hydrogens is 336 g/mol. The molecule has 3 heterocycles. The van der Waals surface area contributed by atoms with Crippen molar-refractivity contribution in [2.75, 3.05) is 33.2 Å². The molecule has 1 aromatic rings. The first-order valence-corrected chi connectivity index (χ1v) is 10.0. The minimum atomic E-state index is -0.449. The van der Waals surface area contributed by atoms with E-state index >= 15 is 0 Å². The summed E-state index contributed by atoms with van der Waals surface area (Å²) in [6.07, 6.45) is 3.22. The van der Waals surface area contributed by atoms with Crippen molar-refractivity contribution in [1.29, 1.82) is 0 Å². The van der Waals surface area contributed by atoms with Crippen LogP contribution < -0.4 is 10.6 Å². The van der Waals surface area contributed by atoms with Crippen LogP contribution in [-0.4, -0.2) is 66.5 Å². The van der Waals surface area contributed by atoms with E-state index in [1.807, 2.05) is 18.9 Å². The van der Waals surface area contributed by atoms with Crippen LogP contribution in [0.25, 0.3) is 0 Å². The first-order chi connectivity index (χ1) is 12.0. The molecule has 3 rings (SSSR count). The fraction of sp³-hybridized carbons (Fsp3) is 0.667. The quantitative estimate of drug-likeness (QED) is 0.858. The van der Waals surface area contributed by atoms with Crippen LogP contribution in [0.15, 0.2) is 16.8 Å². The monoisotopic (exact) mass is 364 g/mol. The Balaban J connectivity index is 1.54. The van der Waals surface area contributed by atoms with Crippen molar-refractivity contribution in [3.8, 4) is 0 Å². The fourth-order valence-corrected chi connectivity index (χ4v) is 4.56. The van der Waals surface area contributed by atoms with Gasteiger partial charge in [0.1, 0.15) is 5.54 Å². The molecule has 0 saturated carbocycles. The third-order valence-corrected chi connectivity index (χ3v) is 6.21. The van der Waals surface area contributed by atoms with E-state index in [4.69, 9.17) is 0 Å². The van der Waals surface area contributed by atoms with Crippen LogP contribution >= 0.6 is 11.3 Å². The number of hydrogen-bond acceptors (Lipinski definition) is 4. The lowest BCUT2D eigenvalue weighted by atomic mass is 9.85. The van der Waals surface area contributed by atoms with Crippen LogP contribution in [0, 0.1) is 0 Å². The third kappa shape index (κ3) is 3.98. The molecule has 0 radical (unpaired) electrons. The SMILES string of the molecule is C[C@@H](Cc1ccsc1)NC(=O)N1CCC2(CC1)C(=O)NCCCN2C. The van der Waals surface area contributed by atoms with Gasteiger partial charge in [-0.2, -0.15) is 11.3 Å². The molecule has 0 aliphatic carbocycles. The Morgan fingerprint density at radius 1 is 1.40 bits per heavy atom. The average molecular weight is 365 g/mol. The number of urea groups is 1. The van der Waals surface area contributed by atoms with E-state index in [1.165, 1.54) is 5.56 Å². The number of thiophene rings is 1. The van der Waals surface area contributed by atoms with E-state index in [2.05, 4.69) is 32.4 Å². The maximum Gasteiger partial charge on any atom is 0.317 e. The summed E-state index contributed by atoms with van der Waals surface area (Å²) in [6.45, 7) is 4.94. The van der Waals surface area contributed by atoms with Crippen molar-refractivity contribution in [3.05, 3.63) is 22.4 Å². The molecule has 0 aromatic carbocycles. The van der Waals surface area contributed by atoms with E-state index in [0.29, 0.717) is 25.9 Å². The van der Waals surface area contributed by atoms with Gasteiger partial charge < -0.3 is 15.5 Å². The first kappa shape index (κ1) is 18.2. The Morgan fingerprint density at radius 3 is 2.84 bits per heavy atom. The second kappa shape index (κ2) is 7.74. The average Bonchev–Trinajstić information content (AvgIpc) is 3.06. The molecule has 2 aliphatic rings. The minimum Gasteiger partial charge on any atom is -0.354 e. The summed E-state index contributed by atoms with van der Waals surface area (Å²) in [5.41, 5.74) is 0.808. The predicted molar refractivity (Wildman–Crippen MR) is 99.8 cm³/mol. The van der Waals surface area contributed by atoms with Crippen LogP contribution in [0.1, 0.15) is 31.7 Å². The molecule has 6 nitrogen and oxygen atoms in total. The highest BCUT2D eigenvalue weighted by molar-refractivity contribution is 7.07. The summed E-state index contributed by atoms with van der Waals surface area (Å²) >= 11 is 1.68. The standard InChI is InChI=1S/C18H28N4O2S/c1-14(12-15-4-11-25-13-15)20-17(24)22-9-5-18(6-10-22)16(23)19-7-3-8-21(18)2/h4,11,13-14H,3,5-10,12H2,1-2H3,(H,19,23)(H,20,24)/t14-/m0/s1. The highest BCUT2D eigenvalue weighted by Crippen LogP contribution is 2.30. The van der Waals surface area contributed by atoms with Crippen molar-refractivity contribution in [3.63, 3.8) is 0 Å². The number of piperidine rings is 1. The molecule has 0 unspecified atom stereocenters. The van der Waals surface area contributed by atoms with Gasteiger partial charge in [-0.05, 0) is 62.0 Å². The van der Waals surface area contributed by atoms with E-state index < -0.39 is 5.54 Å². The molecule has 0 bridgehead atoms. The van der Waals surface area contributed by atoms with Gasteiger partial charge in [0.25, 0.3) is 0 Å². The maximum absolute atomic E-state index is 12.6. The summed E-state index contributed by atoms with van der Waals surface area (Å²) in [5, 5.41) is 10.3. The minimum absolute atomic E-state index is 0.0192. The molecule has 138 valence electrons. The van der Waals surface area contributed by atoms with Gasteiger partial charge in [0.05, 0.1) is 0 Å². The van der Waals surface area contributed by atoms with Crippen LogP contribution in [0.5, 0.6) is 0 Å². The molecule has 2 saturated heterocycles. The lowest BCUT2D eigenvalue weighted by Crippen LogP contribution is -2.62. The molecule has 25 heavy (non-hydrogen) atoms. The molecular formula is C18H28N4O2S. The zero-order valence-corrected chi connectivity index (χ0v) is 15.9. The Labute approximate surface area is 153 Å². The van der Waals surface area contributed by atoms with Crippen molar-refractivity contribution in [2.45, 2.75) is 44.2 Å². The normalized spacial score (nSPS) is 22.3. The summed E-state index contributed by atoms with van der Waals surface area (Å²) < 4.78 is 0. The molecule has 1 aromatic heterocycles. The lowest BCUT2D eigenvalue weighted by molar-refractivity contribution is -0.134. The smallest absolute Gasteiger partial charge is 0.317 e. The van der Waals surface area contributed by atoms with Crippen molar-refractivity contribution < 1.29 is 9.59 Å². The van der Waals surface area contributed by atoms with Gasteiger partial charge in [0.2, 0.25) is 5.91 Å². The first-order valence-electron chi connectivity index (χ1n) is 9.07. The van der Waals surface area contributed by atoms with Crippen LogP contribution in [0.4, 0.5) is 4.79 Å². The van der Waals surface area contributed by atoms with Crippen molar-refractivity contribution in [2.24, 2.45) is 0 Å². The zero-order chi connectivity index (χ0) is 17.9. The Morgan fingerprint density at radius 2 is 2.16 bits per heavy atom. The number of carbonyl (C=O) groups is 2. The number of likely N-dealkylation sites (N-methyl/N-ethyl adjacent to an activating group) is 1. The van der Waals surface area contributed by atoms with E-state index in [0.717, 1.165) is 25.9 Å². The van der Waals surface area contributed by atoms with Gasteiger partial charge >= 0.3 is 6.03 Å².